The Morgan fingerprint density at radius 1 is 1.27 bits per heavy atom. The van der Waals surface area contributed by atoms with Crippen molar-refractivity contribution < 1.29 is 4.79 Å². The van der Waals surface area contributed by atoms with Gasteiger partial charge in [-0.2, -0.15) is 0 Å². The summed E-state index contributed by atoms with van der Waals surface area (Å²) in [4.78, 5) is 16.5. The smallest absolute Gasteiger partial charge is 0.227 e. The van der Waals surface area contributed by atoms with Gasteiger partial charge < -0.3 is 15.1 Å². The maximum Gasteiger partial charge on any atom is 0.227 e. The lowest BCUT2D eigenvalue weighted by Gasteiger charge is -2.23. The highest BCUT2D eigenvalue weighted by molar-refractivity contribution is 5.79. The molecular weight excluding hydrogens is 190 g/mol. The van der Waals surface area contributed by atoms with Gasteiger partial charge >= 0.3 is 0 Å². The van der Waals surface area contributed by atoms with Gasteiger partial charge in [-0.3, -0.25) is 4.79 Å². The van der Waals surface area contributed by atoms with Crippen LogP contribution in [0, 0.1) is 5.92 Å². The Bertz CT molecular complexity index is 226. The van der Waals surface area contributed by atoms with E-state index >= 15 is 0 Å². The van der Waals surface area contributed by atoms with Crippen molar-refractivity contribution in [2.75, 3.05) is 46.3 Å². The first-order valence-corrected chi connectivity index (χ1v) is 5.95. The molecule has 0 aromatic rings. The van der Waals surface area contributed by atoms with E-state index in [-0.39, 0.29) is 5.92 Å². The average molecular weight is 211 g/mol. The zero-order valence-electron chi connectivity index (χ0n) is 9.54. The first-order valence-electron chi connectivity index (χ1n) is 5.95. The van der Waals surface area contributed by atoms with Crippen molar-refractivity contribution in [1.29, 1.82) is 0 Å². The minimum atomic E-state index is 0.244. The summed E-state index contributed by atoms with van der Waals surface area (Å²) in [7, 11) is 2.13. The molecule has 2 aliphatic heterocycles. The summed E-state index contributed by atoms with van der Waals surface area (Å²) in [5.74, 6) is 0.615. The number of nitrogens with one attached hydrogen (secondary N) is 1. The van der Waals surface area contributed by atoms with Crippen molar-refractivity contribution in [2.24, 2.45) is 5.92 Å². The van der Waals surface area contributed by atoms with Gasteiger partial charge in [-0.15, -0.1) is 0 Å². The lowest BCUT2D eigenvalue weighted by atomic mass is 10.1. The van der Waals surface area contributed by atoms with Crippen molar-refractivity contribution in [1.82, 2.24) is 15.1 Å². The third-order valence-corrected chi connectivity index (χ3v) is 3.44. The van der Waals surface area contributed by atoms with Crippen LogP contribution in [0.2, 0.25) is 0 Å². The average Bonchev–Trinajstić information content (AvgIpc) is 2.67. The van der Waals surface area contributed by atoms with Gasteiger partial charge in [0.25, 0.3) is 0 Å². The monoisotopic (exact) mass is 211 g/mol. The van der Waals surface area contributed by atoms with E-state index in [2.05, 4.69) is 22.2 Å². The Kier molecular flexibility index (Phi) is 3.59. The Labute approximate surface area is 91.6 Å². The van der Waals surface area contributed by atoms with Gasteiger partial charge in [0.05, 0.1) is 5.92 Å². The Morgan fingerprint density at radius 3 is 2.87 bits per heavy atom. The molecule has 2 aliphatic rings. The largest absolute Gasteiger partial charge is 0.341 e. The highest BCUT2D eigenvalue weighted by atomic mass is 16.2. The van der Waals surface area contributed by atoms with Crippen molar-refractivity contribution in [3.05, 3.63) is 0 Å². The van der Waals surface area contributed by atoms with E-state index < -0.39 is 0 Å². The maximum atomic E-state index is 12.1. The highest BCUT2D eigenvalue weighted by Gasteiger charge is 2.27. The minimum Gasteiger partial charge on any atom is -0.341 e. The molecule has 0 aliphatic carbocycles. The zero-order chi connectivity index (χ0) is 10.7. The molecule has 0 saturated carbocycles. The summed E-state index contributed by atoms with van der Waals surface area (Å²) in [6.45, 7) is 5.87. The summed E-state index contributed by atoms with van der Waals surface area (Å²) in [6, 6.07) is 0. The second kappa shape index (κ2) is 4.94. The summed E-state index contributed by atoms with van der Waals surface area (Å²) in [5.41, 5.74) is 0. The van der Waals surface area contributed by atoms with Crippen LogP contribution in [0.1, 0.15) is 12.8 Å². The Hall–Kier alpha value is -0.610. The van der Waals surface area contributed by atoms with Gasteiger partial charge in [0.15, 0.2) is 0 Å². The van der Waals surface area contributed by atoms with Gasteiger partial charge in [0.1, 0.15) is 0 Å². The van der Waals surface area contributed by atoms with Crippen LogP contribution in [0.4, 0.5) is 0 Å². The first-order chi connectivity index (χ1) is 7.27. The molecule has 2 rings (SSSR count). The van der Waals surface area contributed by atoms with E-state index in [0.29, 0.717) is 5.91 Å². The molecule has 0 aromatic heterocycles. The van der Waals surface area contributed by atoms with Crippen molar-refractivity contribution in [3.63, 3.8) is 0 Å². The van der Waals surface area contributed by atoms with E-state index in [1.165, 1.54) is 0 Å². The molecule has 15 heavy (non-hydrogen) atoms. The SMILES string of the molecule is CN1CCCN(C(=O)C2CCNC2)CC1. The van der Waals surface area contributed by atoms with Crippen LogP contribution in [0.25, 0.3) is 0 Å². The number of likely N-dealkylation sites (N-methyl/N-ethyl adjacent to an activating group) is 1. The normalized spacial score (nSPS) is 29.1. The van der Waals surface area contributed by atoms with Crippen LogP contribution >= 0.6 is 0 Å². The molecule has 0 aromatic carbocycles. The number of nitrogens with zero attached hydrogens (tertiary/aromatic N) is 2. The van der Waals surface area contributed by atoms with Gasteiger partial charge in [0, 0.05) is 26.2 Å². The molecule has 1 amide bonds. The Morgan fingerprint density at radius 2 is 2.13 bits per heavy atom. The first kappa shape index (κ1) is 10.9. The molecule has 4 nitrogen and oxygen atoms in total. The van der Waals surface area contributed by atoms with Gasteiger partial charge in [-0.1, -0.05) is 0 Å². The van der Waals surface area contributed by atoms with E-state index in [1.807, 2.05) is 0 Å². The number of hydrogen-bond acceptors (Lipinski definition) is 3. The van der Waals surface area contributed by atoms with Crippen LogP contribution in [0.15, 0.2) is 0 Å². The van der Waals surface area contributed by atoms with Gasteiger partial charge in [-0.05, 0) is 33.0 Å². The van der Waals surface area contributed by atoms with E-state index in [9.17, 15) is 4.79 Å². The van der Waals surface area contributed by atoms with Crippen LogP contribution in [-0.2, 0) is 4.79 Å². The molecule has 86 valence electrons. The van der Waals surface area contributed by atoms with Crippen LogP contribution in [-0.4, -0.2) is 62.0 Å². The molecule has 1 N–H and O–H groups in total. The fourth-order valence-corrected chi connectivity index (χ4v) is 2.39. The number of rotatable bonds is 1. The van der Waals surface area contributed by atoms with E-state index in [4.69, 9.17) is 0 Å². The lowest BCUT2D eigenvalue weighted by molar-refractivity contribution is -0.134. The van der Waals surface area contributed by atoms with E-state index in [1.54, 1.807) is 0 Å². The van der Waals surface area contributed by atoms with E-state index in [0.717, 1.165) is 52.1 Å². The highest BCUT2D eigenvalue weighted by Crippen LogP contribution is 2.13. The second-order valence-corrected chi connectivity index (χ2v) is 4.67. The molecule has 4 heteroatoms. The fraction of sp³-hybridized carbons (Fsp3) is 0.909. The van der Waals surface area contributed by atoms with Gasteiger partial charge in [0.2, 0.25) is 5.91 Å². The molecular formula is C11H21N3O. The maximum absolute atomic E-state index is 12.1. The molecule has 2 fully saturated rings. The standard InChI is InChI=1S/C11H21N3O/c1-13-5-2-6-14(8-7-13)11(15)10-3-4-12-9-10/h10,12H,2-9H2,1H3. The third-order valence-electron chi connectivity index (χ3n) is 3.44. The molecule has 2 heterocycles. The number of hydrogen-bond donors (Lipinski definition) is 1. The molecule has 1 atom stereocenters. The number of amides is 1. The Balaban J connectivity index is 1.88. The molecule has 2 saturated heterocycles. The summed E-state index contributed by atoms with van der Waals surface area (Å²) in [6.07, 6.45) is 2.13. The van der Waals surface area contributed by atoms with Crippen molar-refractivity contribution >= 4 is 5.91 Å². The minimum absolute atomic E-state index is 0.244. The molecule has 1 unspecified atom stereocenters. The van der Waals surface area contributed by atoms with Gasteiger partial charge in [-0.25, -0.2) is 0 Å². The third kappa shape index (κ3) is 2.69. The number of carbonyl (C=O) groups is 1. The summed E-state index contributed by atoms with van der Waals surface area (Å²) < 4.78 is 0. The van der Waals surface area contributed by atoms with Crippen molar-refractivity contribution in [3.8, 4) is 0 Å². The van der Waals surface area contributed by atoms with Crippen LogP contribution in [0.5, 0.6) is 0 Å². The second-order valence-electron chi connectivity index (χ2n) is 4.67. The fourth-order valence-electron chi connectivity index (χ4n) is 2.39. The molecule has 0 radical (unpaired) electrons. The predicted molar refractivity (Wildman–Crippen MR) is 59.7 cm³/mol. The summed E-state index contributed by atoms with van der Waals surface area (Å²) in [5, 5.41) is 3.26. The quantitative estimate of drug-likeness (QED) is 0.650. The van der Waals surface area contributed by atoms with Crippen molar-refractivity contribution in [2.45, 2.75) is 12.8 Å². The summed E-state index contributed by atoms with van der Waals surface area (Å²) >= 11 is 0. The molecule has 0 spiro atoms. The number of carbonyl (C=O) groups excluding carboxylic acids is 1. The predicted octanol–water partition coefficient (Wildman–Crippen LogP) is -0.240. The topological polar surface area (TPSA) is 35.6 Å². The lowest BCUT2D eigenvalue weighted by Crippen LogP contribution is -2.39. The van der Waals surface area contributed by atoms with Crippen LogP contribution in [0.3, 0.4) is 0 Å². The van der Waals surface area contributed by atoms with Crippen LogP contribution < -0.4 is 5.32 Å². The molecule has 0 bridgehead atoms. The zero-order valence-corrected chi connectivity index (χ0v) is 9.54.